The Bertz CT molecular complexity index is 1760. The first-order valence-electron chi connectivity index (χ1n) is 34.6. The predicted molar refractivity (Wildman–Crippen MR) is 338 cm³/mol. The number of nitro benzene ring substituents is 1. The van der Waals surface area contributed by atoms with Crippen LogP contribution in [0, 0.1) is 10.1 Å². The van der Waals surface area contributed by atoms with E-state index in [0.29, 0.717) is 45.3 Å². The summed E-state index contributed by atoms with van der Waals surface area (Å²) in [6.45, 7) is 4.96. The fourth-order valence-electron chi connectivity index (χ4n) is 11.2. The minimum Gasteiger partial charge on any atom is -0.427 e. The van der Waals surface area contributed by atoms with E-state index in [-0.39, 0.29) is 55.7 Å². The van der Waals surface area contributed by atoms with Gasteiger partial charge in [0.25, 0.3) is 5.69 Å². The number of hydrogen-bond acceptors (Lipinski definition) is 14. The molecule has 17 heteroatoms. The van der Waals surface area contributed by atoms with Crippen molar-refractivity contribution in [2.75, 3.05) is 26.4 Å². The normalized spacial score (nSPS) is 18.0. The molecule has 0 bridgehead atoms. The highest BCUT2D eigenvalue weighted by atomic mass is 16.7. The molecule has 0 unspecified atom stereocenters. The summed E-state index contributed by atoms with van der Waals surface area (Å²) in [4.78, 5) is 48.0. The lowest BCUT2D eigenvalue weighted by atomic mass is 9.98. The van der Waals surface area contributed by atoms with Gasteiger partial charge in [0.2, 0.25) is 11.8 Å². The van der Waals surface area contributed by atoms with Gasteiger partial charge in [0.05, 0.1) is 30.3 Å². The van der Waals surface area contributed by atoms with E-state index in [0.717, 1.165) is 64.2 Å². The van der Waals surface area contributed by atoms with Crippen LogP contribution in [0.2, 0.25) is 0 Å². The van der Waals surface area contributed by atoms with Gasteiger partial charge in [-0.1, -0.05) is 245 Å². The van der Waals surface area contributed by atoms with Gasteiger partial charge in [0.1, 0.15) is 36.3 Å². The van der Waals surface area contributed by atoms with Gasteiger partial charge >= 0.3 is 5.97 Å². The van der Waals surface area contributed by atoms with E-state index in [1.807, 2.05) is 0 Å². The number of carbonyl (C=O) groups is 3. The summed E-state index contributed by atoms with van der Waals surface area (Å²) < 4.78 is 22.9. The van der Waals surface area contributed by atoms with Gasteiger partial charge in [-0.25, -0.2) is 0 Å². The fourth-order valence-corrected chi connectivity index (χ4v) is 11.2. The number of unbranched alkanes of at least 4 members (excludes halogenated alkanes) is 37. The molecule has 2 amide bonds. The minimum absolute atomic E-state index is 0.0876. The number of benzene rings is 1. The molecule has 0 aromatic heterocycles. The number of hydrogen-bond donors (Lipinski definition) is 7. The van der Waals surface area contributed by atoms with Crippen LogP contribution in [0.1, 0.15) is 303 Å². The third-order valence-corrected chi connectivity index (χ3v) is 16.8. The molecule has 1 aromatic carbocycles. The third-order valence-electron chi connectivity index (χ3n) is 16.8. The molecule has 1 saturated heterocycles. The van der Waals surface area contributed by atoms with Crippen molar-refractivity contribution >= 4 is 23.5 Å². The lowest BCUT2D eigenvalue weighted by molar-refractivity contribution is -0.384. The maximum absolute atomic E-state index is 13.4. The lowest BCUT2D eigenvalue weighted by Gasteiger charge is -2.40. The summed E-state index contributed by atoms with van der Waals surface area (Å²) >= 11 is 0. The molecular formula is C68H123N3O14. The smallest absolute Gasteiger partial charge is 0.311 e. The maximum atomic E-state index is 13.4. The number of aliphatic hydroxyl groups is 5. The van der Waals surface area contributed by atoms with Crippen LogP contribution < -0.4 is 15.4 Å². The molecule has 2 rings (SSSR count). The maximum Gasteiger partial charge on any atom is 0.311 e. The molecule has 7 N–H and O–H groups in total. The zero-order valence-corrected chi connectivity index (χ0v) is 53.4. The second kappa shape index (κ2) is 53.7. The van der Waals surface area contributed by atoms with E-state index in [4.69, 9.17) is 18.9 Å². The Morgan fingerprint density at radius 3 is 1.46 bits per heavy atom. The van der Waals surface area contributed by atoms with Crippen molar-refractivity contribution in [2.24, 2.45) is 0 Å². The van der Waals surface area contributed by atoms with Crippen molar-refractivity contribution in [1.82, 2.24) is 10.6 Å². The minimum atomic E-state index is -1.62. The van der Waals surface area contributed by atoms with Gasteiger partial charge in [0, 0.05) is 44.5 Å². The van der Waals surface area contributed by atoms with Crippen molar-refractivity contribution in [3.8, 4) is 5.75 Å². The molecule has 1 heterocycles. The Balaban J connectivity index is 1.69. The van der Waals surface area contributed by atoms with Crippen molar-refractivity contribution in [3.63, 3.8) is 0 Å². The van der Waals surface area contributed by atoms with Crippen LogP contribution in [0.15, 0.2) is 24.3 Å². The predicted octanol–water partition coefficient (Wildman–Crippen LogP) is 14.3. The van der Waals surface area contributed by atoms with Crippen LogP contribution in [0.5, 0.6) is 5.75 Å². The molecule has 17 nitrogen and oxygen atoms in total. The van der Waals surface area contributed by atoms with Crippen molar-refractivity contribution in [3.05, 3.63) is 34.4 Å². The van der Waals surface area contributed by atoms with Crippen LogP contribution in [-0.4, -0.2) is 124 Å². The molecule has 0 spiro atoms. The van der Waals surface area contributed by atoms with Crippen LogP contribution >= 0.6 is 0 Å². The number of rotatable bonds is 59. The summed E-state index contributed by atoms with van der Waals surface area (Å²) in [5.41, 5.74) is -0.0969. The number of aliphatic hydroxyl groups excluding tert-OH is 5. The molecule has 85 heavy (non-hydrogen) atoms. The lowest BCUT2D eigenvalue weighted by Crippen LogP contribution is -2.60. The number of amides is 2. The standard InChI is InChI=1S/C68H123N3O14/c1-3-5-7-9-11-13-15-17-18-19-20-21-22-23-24-25-26-27-29-31-33-35-39-46-62(74)70-58(64(76)59(72)44-38-34-32-30-28-16-14-12-10-8-6-4-2)54-83-68-67(79)66(78)65(77)60(85-68)55-82-53-43-37-36-42-52-69-61(73)45-40-41-47-63(75)84-57-50-48-56(49-51-57)71(80)81/h48-51,58-60,64-68,72,76-79H,3-47,52-55H2,1-2H3,(H,69,73)(H,70,74)/t58-,59+,60+,64-,65-,66-,67+,68-/m0/s1. The van der Waals surface area contributed by atoms with Crippen LogP contribution in [0.4, 0.5) is 5.69 Å². The van der Waals surface area contributed by atoms with E-state index >= 15 is 0 Å². The molecule has 0 radical (unpaired) electrons. The first-order valence-corrected chi connectivity index (χ1v) is 34.6. The van der Waals surface area contributed by atoms with Crippen molar-refractivity contribution in [2.45, 2.75) is 352 Å². The van der Waals surface area contributed by atoms with E-state index in [2.05, 4.69) is 24.5 Å². The van der Waals surface area contributed by atoms with Gasteiger partial charge in [-0.3, -0.25) is 24.5 Å². The van der Waals surface area contributed by atoms with Crippen molar-refractivity contribution in [1.29, 1.82) is 0 Å². The Morgan fingerprint density at radius 1 is 0.541 bits per heavy atom. The van der Waals surface area contributed by atoms with Crippen LogP contribution in [0.25, 0.3) is 0 Å². The molecule has 1 aromatic rings. The number of nitro groups is 1. The number of non-ortho nitro benzene ring substituents is 1. The number of ether oxygens (including phenoxy) is 4. The van der Waals surface area contributed by atoms with Gasteiger partial charge < -0.3 is 55.1 Å². The molecule has 1 aliphatic rings. The Morgan fingerprint density at radius 2 is 0.965 bits per heavy atom. The molecular weight excluding hydrogens is 1080 g/mol. The summed E-state index contributed by atoms with van der Waals surface area (Å²) in [5.74, 6) is -0.623. The van der Waals surface area contributed by atoms with Gasteiger partial charge in [-0.2, -0.15) is 0 Å². The number of esters is 1. The molecule has 0 saturated carbocycles. The quantitative estimate of drug-likeness (QED) is 0.0105. The van der Waals surface area contributed by atoms with E-state index in [1.54, 1.807) is 0 Å². The monoisotopic (exact) mass is 1210 g/mol. The highest BCUT2D eigenvalue weighted by Gasteiger charge is 2.45. The fraction of sp³-hybridized carbons (Fsp3) is 0.868. The Hall–Kier alpha value is -3.29. The zero-order chi connectivity index (χ0) is 61.8. The topological polar surface area (TPSA) is 256 Å². The summed E-state index contributed by atoms with van der Waals surface area (Å²) in [5, 5.41) is 71.8. The summed E-state index contributed by atoms with van der Waals surface area (Å²) in [7, 11) is 0. The number of nitrogens with zero attached hydrogens (tertiary/aromatic N) is 1. The van der Waals surface area contributed by atoms with Gasteiger partial charge in [0.15, 0.2) is 6.29 Å². The van der Waals surface area contributed by atoms with E-state index in [9.17, 15) is 50.0 Å². The van der Waals surface area contributed by atoms with Gasteiger partial charge in [-0.05, 0) is 50.7 Å². The Labute approximate surface area is 514 Å². The Kier molecular flexibility index (Phi) is 49.2. The third kappa shape index (κ3) is 41.5. The highest BCUT2D eigenvalue weighted by Crippen LogP contribution is 2.25. The first-order chi connectivity index (χ1) is 41.4. The zero-order valence-electron chi connectivity index (χ0n) is 53.4. The average molecular weight is 1210 g/mol. The molecule has 494 valence electrons. The summed E-state index contributed by atoms with van der Waals surface area (Å²) in [6.07, 6.45) is 39.3. The largest absolute Gasteiger partial charge is 0.427 e. The number of nitrogens with one attached hydrogen (secondary N) is 2. The number of carbonyl (C=O) groups excluding carboxylic acids is 3. The summed E-state index contributed by atoms with van der Waals surface area (Å²) in [6, 6.07) is 4.24. The molecule has 1 fully saturated rings. The van der Waals surface area contributed by atoms with E-state index < -0.39 is 59.8 Å². The SMILES string of the molecule is CCCCCCCCCCCCCCCCCCCCCCCCCC(=O)N[C@@H](CO[C@H]1O[C@H](COCCCCCCNC(=O)CCCCC(=O)Oc2ccc([N+](=O)[O-])cc2)[C@H](O)[C@H](O)[C@H]1O)[C@H](O)[C@H](O)CCCCCCCCCCCCCC. The van der Waals surface area contributed by atoms with Gasteiger partial charge in [-0.15, -0.1) is 0 Å². The molecule has 1 aliphatic heterocycles. The van der Waals surface area contributed by atoms with Crippen molar-refractivity contribution < 1.29 is 63.8 Å². The second-order valence-corrected chi connectivity index (χ2v) is 24.6. The highest BCUT2D eigenvalue weighted by molar-refractivity contribution is 5.76. The van der Waals surface area contributed by atoms with Crippen LogP contribution in [-0.2, 0) is 28.6 Å². The van der Waals surface area contributed by atoms with E-state index in [1.165, 1.54) is 198 Å². The molecule has 0 aliphatic carbocycles. The average Bonchev–Trinajstić information content (AvgIpc) is 3.46. The van der Waals surface area contributed by atoms with Crippen LogP contribution in [0.3, 0.4) is 0 Å². The molecule has 8 atom stereocenters. The first kappa shape index (κ1) is 77.8. The second-order valence-electron chi connectivity index (χ2n) is 24.6.